The predicted octanol–water partition coefficient (Wildman–Crippen LogP) is 13.3. The van der Waals surface area contributed by atoms with Crippen molar-refractivity contribution in [2.75, 3.05) is 19.8 Å². The largest absolute Gasteiger partial charge is 0.462 e. The van der Waals surface area contributed by atoms with Gasteiger partial charge in [-0.15, -0.1) is 0 Å². The molecular weight excluding hydrogens is 845 g/mol. The van der Waals surface area contributed by atoms with Gasteiger partial charge in [0.25, 0.3) is 0 Å². The van der Waals surface area contributed by atoms with Gasteiger partial charge in [-0.2, -0.15) is 0 Å². The molecule has 1 saturated heterocycles. The zero-order chi connectivity index (χ0) is 48.7. The summed E-state index contributed by atoms with van der Waals surface area (Å²) in [6, 6.07) is 0. The van der Waals surface area contributed by atoms with Crippen molar-refractivity contribution in [1.29, 1.82) is 0 Å². The first kappa shape index (κ1) is 62.4. The Morgan fingerprint density at radius 1 is 0.463 bits per heavy atom. The smallest absolute Gasteiger partial charge is 0.306 e. The lowest BCUT2D eigenvalue weighted by Gasteiger charge is -2.39. The first-order valence-corrected chi connectivity index (χ1v) is 27.4. The summed E-state index contributed by atoms with van der Waals surface area (Å²) in [6.07, 6.45) is 52.2. The zero-order valence-electron chi connectivity index (χ0n) is 42.6. The maximum absolute atomic E-state index is 12.8. The van der Waals surface area contributed by atoms with Crippen LogP contribution in [0.2, 0.25) is 0 Å². The van der Waals surface area contributed by atoms with Crippen LogP contribution in [0.1, 0.15) is 232 Å². The summed E-state index contributed by atoms with van der Waals surface area (Å²) in [5.74, 6) is -0.820. The van der Waals surface area contributed by atoms with Gasteiger partial charge in [-0.1, -0.05) is 197 Å². The van der Waals surface area contributed by atoms with E-state index in [1.54, 1.807) is 0 Å². The molecule has 1 aliphatic heterocycles. The Kier molecular flexibility index (Phi) is 43.9. The highest BCUT2D eigenvalue weighted by Gasteiger charge is 2.44. The van der Waals surface area contributed by atoms with E-state index >= 15 is 0 Å². The quantitative estimate of drug-likeness (QED) is 0.0264. The molecule has 10 heteroatoms. The van der Waals surface area contributed by atoms with Crippen molar-refractivity contribution in [2.45, 2.75) is 269 Å². The normalized spacial score (nSPS) is 19.5. The number of allylic oxidation sites excluding steroid dienone is 10. The van der Waals surface area contributed by atoms with Gasteiger partial charge in [0.2, 0.25) is 0 Å². The van der Waals surface area contributed by atoms with E-state index in [1.807, 2.05) is 0 Å². The maximum atomic E-state index is 12.8. The van der Waals surface area contributed by atoms with Crippen LogP contribution in [0.3, 0.4) is 0 Å². The average molecular weight is 945 g/mol. The minimum Gasteiger partial charge on any atom is -0.462 e. The topological polar surface area (TPSA) is 152 Å². The van der Waals surface area contributed by atoms with E-state index in [1.165, 1.54) is 116 Å². The predicted molar refractivity (Wildman–Crippen MR) is 275 cm³/mol. The van der Waals surface area contributed by atoms with E-state index in [9.17, 15) is 30.0 Å². The second-order valence-corrected chi connectivity index (χ2v) is 18.7. The van der Waals surface area contributed by atoms with Crippen LogP contribution in [0.5, 0.6) is 0 Å². The highest BCUT2D eigenvalue weighted by Crippen LogP contribution is 2.23. The van der Waals surface area contributed by atoms with Gasteiger partial charge in [-0.3, -0.25) is 9.59 Å². The van der Waals surface area contributed by atoms with Gasteiger partial charge in [-0.25, -0.2) is 0 Å². The average Bonchev–Trinajstić information content (AvgIpc) is 3.33. The van der Waals surface area contributed by atoms with Crippen LogP contribution in [0.4, 0.5) is 0 Å². The molecule has 1 rings (SSSR count). The van der Waals surface area contributed by atoms with Crippen LogP contribution < -0.4 is 0 Å². The minimum absolute atomic E-state index is 0.213. The van der Waals surface area contributed by atoms with Crippen molar-refractivity contribution in [1.82, 2.24) is 0 Å². The van der Waals surface area contributed by atoms with Gasteiger partial charge in [0.1, 0.15) is 31.0 Å². The van der Waals surface area contributed by atoms with Gasteiger partial charge in [-0.05, 0) is 83.5 Å². The van der Waals surface area contributed by atoms with Crippen LogP contribution in [-0.4, -0.2) is 89.0 Å². The first-order chi connectivity index (χ1) is 32.8. The van der Waals surface area contributed by atoms with Crippen molar-refractivity contribution in [3.63, 3.8) is 0 Å². The lowest BCUT2D eigenvalue weighted by molar-refractivity contribution is -0.305. The molecule has 0 saturated carbocycles. The highest BCUT2D eigenvalue weighted by atomic mass is 16.7. The summed E-state index contributed by atoms with van der Waals surface area (Å²) in [5, 5.41) is 40.3. The van der Waals surface area contributed by atoms with Crippen molar-refractivity contribution < 1.29 is 49.0 Å². The molecule has 67 heavy (non-hydrogen) atoms. The van der Waals surface area contributed by atoms with Crippen LogP contribution in [0, 0.1) is 0 Å². The number of carbonyl (C=O) groups is 2. The van der Waals surface area contributed by atoms with E-state index in [2.05, 4.69) is 74.6 Å². The number of rotatable bonds is 46. The van der Waals surface area contributed by atoms with Crippen molar-refractivity contribution in [3.8, 4) is 0 Å². The van der Waals surface area contributed by atoms with Crippen molar-refractivity contribution in [2.24, 2.45) is 0 Å². The van der Waals surface area contributed by atoms with E-state index in [0.29, 0.717) is 6.42 Å². The molecule has 0 aliphatic carbocycles. The second-order valence-electron chi connectivity index (χ2n) is 18.7. The number of unbranched alkanes of at least 4 members (excludes halogenated alkanes) is 25. The third kappa shape index (κ3) is 37.9. The molecule has 0 radical (unpaired) electrons. The molecule has 1 aliphatic rings. The number of hydrogen-bond acceptors (Lipinski definition) is 10. The molecule has 6 unspecified atom stereocenters. The standard InChI is InChI=1S/C57H100O10/c1-3-5-7-9-11-13-15-17-19-21-23-24-25-26-28-29-31-33-35-37-39-41-43-45-52(59)64-48-50(49-65-57-56(63)55(62)54(61)51(47-58)67-57)66-53(60)46-44-42-40-38-36-34-32-30-27-22-20-18-16-14-12-10-8-6-4-2/h12,14-15,17-18,20-21,23,27,30,50-51,54-58,61-63H,3-11,13,16,19,22,24-26,28-29,31-49H2,1-2H3/b14-12-,17-15-,20-18-,23-21-,30-27-. The lowest BCUT2D eigenvalue weighted by Crippen LogP contribution is -2.59. The number of aliphatic hydroxyl groups excluding tert-OH is 4. The first-order valence-electron chi connectivity index (χ1n) is 27.4. The van der Waals surface area contributed by atoms with Gasteiger partial charge >= 0.3 is 11.9 Å². The maximum Gasteiger partial charge on any atom is 0.306 e. The molecule has 0 bridgehead atoms. The van der Waals surface area contributed by atoms with Crippen LogP contribution in [0.25, 0.3) is 0 Å². The third-order valence-electron chi connectivity index (χ3n) is 12.4. The number of carbonyl (C=O) groups excluding carboxylic acids is 2. The summed E-state index contributed by atoms with van der Waals surface area (Å²) < 4.78 is 22.3. The zero-order valence-corrected chi connectivity index (χ0v) is 42.6. The molecule has 1 fully saturated rings. The van der Waals surface area contributed by atoms with Gasteiger partial charge in [0.15, 0.2) is 12.4 Å². The fraction of sp³-hybridized carbons (Fsp3) is 0.789. The molecular formula is C57H100O10. The van der Waals surface area contributed by atoms with Crippen LogP contribution >= 0.6 is 0 Å². The van der Waals surface area contributed by atoms with Crippen LogP contribution in [0.15, 0.2) is 60.8 Å². The third-order valence-corrected chi connectivity index (χ3v) is 12.4. The van der Waals surface area contributed by atoms with E-state index in [0.717, 1.165) is 83.5 Å². The number of hydrogen-bond donors (Lipinski definition) is 4. The lowest BCUT2D eigenvalue weighted by atomic mass is 9.99. The Balaban J connectivity index is 2.24. The molecule has 388 valence electrons. The Labute approximate surface area is 409 Å². The van der Waals surface area contributed by atoms with Gasteiger partial charge < -0.3 is 39.4 Å². The van der Waals surface area contributed by atoms with Gasteiger partial charge in [0, 0.05) is 12.8 Å². The summed E-state index contributed by atoms with van der Waals surface area (Å²) in [4.78, 5) is 25.5. The minimum atomic E-state index is -1.60. The van der Waals surface area contributed by atoms with Crippen molar-refractivity contribution >= 4 is 11.9 Å². The Morgan fingerprint density at radius 3 is 1.28 bits per heavy atom. The Bertz CT molecular complexity index is 1280. The molecule has 1 heterocycles. The number of esters is 2. The molecule has 0 amide bonds. The number of aliphatic hydroxyl groups is 4. The summed E-state index contributed by atoms with van der Waals surface area (Å²) in [5.41, 5.74) is 0. The monoisotopic (exact) mass is 945 g/mol. The summed E-state index contributed by atoms with van der Waals surface area (Å²) >= 11 is 0. The SMILES string of the molecule is CCCCC/C=C\C/C=C\C/C=C\CCCCCCCCC(=O)OC(COC(=O)CCCCCCCCCCCCC/C=C\C/C=C\CCCCCCC)COC1OC(CO)C(O)C(O)C1O. The fourth-order valence-electron chi connectivity index (χ4n) is 8.05. The van der Waals surface area contributed by atoms with E-state index in [4.69, 9.17) is 18.9 Å². The van der Waals surface area contributed by atoms with Crippen molar-refractivity contribution in [3.05, 3.63) is 60.8 Å². The molecule has 0 aromatic rings. The van der Waals surface area contributed by atoms with E-state index in [-0.39, 0.29) is 32.0 Å². The Morgan fingerprint density at radius 2 is 0.836 bits per heavy atom. The molecule has 6 atom stereocenters. The molecule has 0 spiro atoms. The number of ether oxygens (including phenoxy) is 4. The Hall–Kier alpha value is -2.60. The fourth-order valence-corrected chi connectivity index (χ4v) is 8.05. The molecule has 0 aromatic carbocycles. The molecule has 10 nitrogen and oxygen atoms in total. The van der Waals surface area contributed by atoms with Crippen LogP contribution in [-0.2, 0) is 28.5 Å². The summed E-state index contributed by atoms with van der Waals surface area (Å²) in [6.45, 7) is 3.39. The second kappa shape index (κ2) is 47.1. The highest BCUT2D eigenvalue weighted by molar-refractivity contribution is 5.70. The molecule has 4 N–H and O–H groups in total. The van der Waals surface area contributed by atoms with E-state index < -0.39 is 49.4 Å². The molecule has 0 aromatic heterocycles. The summed E-state index contributed by atoms with van der Waals surface area (Å²) in [7, 11) is 0. The van der Waals surface area contributed by atoms with Gasteiger partial charge in [0.05, 0.1) is 13.2 Å².